The summed E-state index contributed by atoms with van der Waals surface area (Å²) >= 11 is 0. The molecule has 14 heteroatoms. The van der Waals surface area contributed by atoms with Crippen LogP contribution in [0.25, 0.3) is 10.8 Å². The zero-order chi connectivity index (χ0) is 39.9. The summed E-state index contributed by atoms with van der Waals surface area (Å²) in [6.07, 6.45) is 14.4. The molecule has 3 amide bonds. The highest BCUT2D eigenvalue weighted by Gasteiger charge is 2.62. The van der Waals surface area contributed by atoms with Gasteiger partial charge in [0.2, 0.25) is 21.8 Å². The lowest BCUT2D eigenvalue weighted by atomic mass is 9.86. The predicted octanol–water partition coefficient (Wildman–Crippen LogP) is 4.67. The fourth-order valence-corrected chi connectivity index (χ4v) is 11.2. The monoisotopic (exact) mass is 802 g/mol. The average Bonchev–Trinajstić information content (AvgIpc) is 3.98. The minimum absolute atomic E-state index is 0.00309. The number of hydrogen-bond acceptors (Lipinski definition) is 9. The first-order chi connectivity index (χ1) is 27.5. The second kappa shape index (κ2) is 16.1. The van der Waals surface area contributed by atoms with Gasteiger partial charge in [-0.2, -0.15) is 0 Å². The Kier molecular flexibility index (Phi) is 11.1. The second-order valence-corrected chi connectivity index (χ2v) is 19.1. The lowest BCUT2D eigenvalue weighted by molar-refractivity contribution is -0.156. The fraction of sp³-hybridized carbons (Fsp3) is 0.605. The van der Waals surface area contributed by atoms with Gasteiger partial charge in [0.25, 0.3) is 11.5 Å². The Morgan fingerprint density at radius 1 is 0.912 bits per heavy atom. The van der Waals surface area contributed by atoms with E-state index in [1.165, 1.54) is 11.0 Å². The van der Waals surface area contributed by atoms with Gasteiger partial charge in [-0.15, -0.1) is 6.58 Å². The largest absolute Gasteiger partial charge is 0.473 e. The summed E-state index contributed by atoms with van der Waals surface area (Å²) in [6.45, 7) is 4.07. The lowest BCUT2D eigenvalue weighted by Gasteiger charge is -2.32. The molecule has 1 aromatic heterocycles. The predicted molar refractivity (Wildman–Crippen MR) is 212 cm³/mol. The van der Waals surface area contributed by atoms with Crippen LogP contribution in [0.3, 0.4) is 0 Å². The Morgan fingerprint density at radius 3 is 2.42 bits per heavy atom. The molecule has 306 valence electrons. The van der Waals surface area contributed by atoms with Gasteiger partial charge in [0.15, 0.2) is 5.88 Å². The Hall–Kier alpha value is -4.46. The number of rotatable bonds is 7. The number of ether oxygens (including phenoxy) is 2. The number of aromatic nitrogens is 1. The minimum Gasteiger partial charge on any atom is -0.473 e. The van der Waals surface area contributed by atoms with Crippen molar-refractivity contribution in [2.24, 2.45) is 23.7 Å². The number of nitrogens with one attached hydrogen (secondary N) is 2. The number of esters is 1. The quantitative estimate of drug-likeness (QED) is 0.299. The molecular weight excluding hydrogens is 749 g/mol. The van der Waals surface area contributed by atoms with E-state index in [-0.39, 0.29) is 61.8 Å². The summed E-state index contributed by atoms with van der Waals surface area (Å²) in [5.74, 6) is -2.96. The number of nitrogens with zero attached hydrogens (tertiary/aromatic N) is 2. The molecular formula is C43H54N4O9S. The van der Waals surface area contributed by atoms with Gasteiger partial charge in [-0.1, -0.05) is 49.3 Å². The molecule has 0 radical (unpaired) electrons. The van der Waals surface area contributed by atoms with Crippen molar-refractivity contribution in [1.29, 1.82) is 0 Å². The highest BCUT2D eigenvalue weighted by molar-refractivity contribution is 7.91. The van der Waals surface area contributed by atoms with E-state index in [1.807, 2.05) is 30.3 Å². The zero-order valence-electron chi connectivity index (χ0n) is 32.4. The SMILES string of the molecule is C=C[C@H]1C[C@]1(NC(=O)[C@@H]1C[C@@H]2CN1C(=O)[C@H](C1CCCC1)CC(=O)O[C@@H]1CCC[C@H]1CCC/C=C/Cn1c(cc3ccccc3c1=O)O2)C(=O)NS(=O)(=O)C1CC1. The van der Waals surface area contributed by atoms with Gasteiger partial charge in [0.1, 0.15) is 23.8 Å². The van der Waals surface area contributed by atoms with Crippen LogP contribution in [0.5, 0.6) is 5.88 Å². The van der Waals surface area contributed by atoms with E-state index in [1.54, 1.807) is 10.6 Å². The molecule has 2 N–H and O–H groups in total. The fourth-order valence-electron chi connectivity index (χ4n) is 9.82. The maximum Gasteiger partial charge on any atom is 0.306 e. The third-order valence-corrected chi connectivity index (χ3v) is 15.1. The highest BCUT2D eigenvalue weighted by atomic mass is 32.2. The van der Waals surface area contributed by atoms with E-state index < -0.39 is 62.6 Å². The van der Waals surface area contributed by atoms with E-state index in [2.05, 4.69) is 22.7 Å². The van der Waals surface area contributed by atoms with Crippen LogP contribution in [-0.2, 0) is 40.5 Å². The third kappa shape index (κ3) is 8.16. The first-order valence-electron chi connectivity index (χ1n) is 20.9. The summed E-state index contributed by atoms with van der Waals surface area (Å²) in [7, 11) is -3.90. The number of hydrogen-bond donors (Lipinski definition) is 2. The number of carbonyl (C=O) groups is 4. The Morgan fingerprint density at radius 2 is 1.67 bits per heavy atom. The molecule has 0 spiro atoms. The number of pyridine rings is 1. The molecule has 4 aliphatic carbocycles. The molecule has 4 saturated carbocycles. The molecule has 2 aliphatic heterocycles. The van der Waals surface area contributed by atoms with Gasteiger partial charge in [0.05, 0.1) is 24.1 Å². The summed E-state index contributed by atoms with van der Waals surface area (Å²) in [6, 6.07) is 7.98. The van der Waals surface area contributed by atoms with Gasteiger partial charge >= 0.3 is 5.97 Å². The molecule has 6 aliphatic rings. The van der Waals surface area contributed by atoms with E-state index in [9.17, 15) is 32.4 Å². The van der Waals surface area contributed by atoms with Crippen LogP contribution >= 0.6 is 0 Å². The average molecular weight is 803 g/mol. The number of amides is 3. The molecule has 7 atom stereocenters. The molecule has 1 saturated heterocycles. The molecule has 57 heavy (non-hydrogen) atoms. The zero-order valence-corrected chi connectivity index (χ0v) is 33.3. The molecule has 3 heterocycles. The van der Waals surface area contributed by atoms with Crippen LogP contribution in [0.2, 0.25) is 0 Å². The summed E-state index contributed by atoms with van der Waals surface area (Å²) in [5, 5.41) is 3.46. The normalized spacial score (nSPS) is 31.8. The van der Waals surface area contributed by atoms with Crippen LogP contribution in [0, 0.1) is 23.7 Å². The molecule has 1 aromatic carbocycles. The standard InChI is InChI=1S/C43H54N4O9S/c1-2-30-25-43(30,42(52)45-57(53,54)32-19-20-32)44-39(49)35-23-31-26-47(35)41(51)34(27-12-6-7-13-27)24-38(48)56-36-18-11-16-28(36)14-5-3-4-10-21-46-37(55-31)22-29-15-8-9-17-33(29)40(46)50/h2,4,8-10,15,17,22,27-28,30-32,34-36H,1,3,5-7,11-14,16,18-21,23-26H2,(H,44,49)(H,45,52)/b10-4+/t28-,30+,31-,34+,35+,36-,43-/m1/s1. The van der Waals surface area contributed by atoms with E-state index >= 15 is 0 Å². The van der Waals surface area contributed by atoms with Crippen LogP contribution < -0.4 is 20.3 Å². The molecule has 2 bridgehead atoms. The molecule has 8 rings (SSSR count). The van der Waals surface area contributed by atoms with Crippen molar-refractivity contribution in [3.63, 3.8) is 0 Å². The van der Waals surface area contributed by atoms with Crippen LogP contribution in [0.15, 0.2) is 59.9 Å². The van der Waals surface area contributed by atoms with Crippen molar-refractivity contribution in [2.75, 3.05) is 6.54 Å². The van der Waals surface area contributed by atoms with Gasteiger partial charge in [-0.25, -0.2) is 8.42 Å². The van der Waals surface area contributed by atoms with E-state index in [4.69, 9.17) is 9.47 Å². The van der Waals surface area contributed by atoms with Gasteiger partial charge in [0, 0.05) is 30.3 Å². The Balaban J connectivity index is 1.14. The van der Waals surface area contributed by atoms with E-state index in [0.717, 1.165) is 64.2 Å². The molecule has 0 unspecified atom stereocenters. The van der Waals surface area contributed by atoms with Crippen molar-refractivity contribution in [3.05, 3.63) is 65.5 Å². The number of carbonyl (C=O) groups excluding carboxylic acids is 4. The van der Waals surface area contributed by atoms with Crippen molar-refractivity contribution >= 4 is 44.5 Å². The van der Waals surface area contributed by atoms with Crippen molar-refractivity contribution in [2.45, 2.75) is 132 Å². The van der Waals surface area contributed by atoms with Crippen LogP contribution in [-0.4, -0.2) is 77.2 Å². The second-order valence-electron chi connectivity index (χ2n) is 17.1. The van der Waals surface area contributed by atoms with Crippen LogP contribution in [0.4, 0.5) is 0 Å². The first kappa shape index (κ1) is 39.4. The third-order valence-electron chi connectivity index (χ3n) is 13.3. The topological polar surface area (TPSA) is 170 Å². The number of benzene rings is 1. The van der Waals surface area contributed by atoms with Gasteiger partial charge in [-0.3, -0.25) is 33.3 Å². The maximum absolute atomic E-state index is 14.9. The van der Waals surface area contributed by atoms with Crippen molar-refractivity contribution in [1.82, 2.24) is 19.5 Å². The Labute approximate surface area is 333 Å². The summed E-state index contributed by atoms with van der Waals surface area (Å²) in [4.78, 5) is 72.2. The number of allylic oxidation sites excluding steroid dienone is 2. The highest BCUT2D eigenvalue weighted by Crippen LogP contribution is 2.46. The molecule has 5 fully saturated rings. The van der Waals surface area contributed by atoms with Gasteiger partial charge < -0.3 is 19.7 Å². The number of fused-ring (bicyclic) bond motifs is 5. The van der Waals surface area contributed by atoms with Crippen LogP contribution in [0.1, 0.15) is 96.3 Å². The smallest absolute Gasteiger partial charge is 0.306 e. The summed E-state index contributed by atoms with van der Waals surface area (Å²) < 4.78 is 42.1. The maximum atomic E-state index is 14.9. The van der Waals surface area contributed by atoms with E-state index in [0.29, 0.717) is 29.5 Å². The first-order valence-corrected chi connectivity index (χ1v) is 22.5. The molecule has 2 aromatic rings. The lowest BCUT2D eigenvalue weighted by Crippen LogP contribution is -2.57. The number of sulfonamides is 1. The van der Waals surface area contributed by atoms with Gasteiger partial charge in [-0.05, 0) is 93.9 Å². The van der Waals surface area contributed by atoms with Crippen molar-refractivity contribution in [3.8, 4) is 5.88 Å². The Bertz CT molecular complexity index is 2120. The van der Waals surface area contributed by atoms with Crippen molar-refractivity contribution < 1.29 is 37.1 Å². The summed E-state index contributed by atoms with van der Waals surface area (Å²) in [5.41, 5.74) is -1.76. The molecule has 13 nitrogen and oxygen atoms in total. The minimum atomic E-state index is -3.90.